The molecule has 0 spiro atoms. The molecule has 1 saturated carbocycles. The maximum absolute atomic E-state index is 11.8. The van der Waals surface area contributed by atoms with Crippen LogP contribution in [0.2, 0.25) is 0 Å². The van der Waals surface area contributed by atoms with Gasteiger partial charge in [0.2, 0.25) is 0 Å². The number of carbonyl (C=O) groups excluding carboxylic acids is 1. The topological polar surface area (TPSA) is 61.8 Å². The number of ether oxygens (including phenoxy) is 1. The Morgan fingerprint density at radius 3 is 2.38 bits per heavy atom. The van der Waals surface area contributed by atoms with E-state index >= 15 is 0 Å². The maximum atomic E-state index is 11.8. The molecule has 1 aliphatic heterocycles. The molecule has 0 radical (unpaired) electrons. The number of hydrogen-bond acceptors (Lipinski definition) is 4. The van der Waals surface area contributed by atoms with Crippen molar-refractivity contribution in [3.05, 3.63) is 0 Å². The zero-order chi connectivity index (χ0) is 15.5. The van der Waals surface area contributed by atoms with E-state index in [2.05, 4.69) is 10.2 Å². The van der Waals surface area contributed by atoms with E-state index in [1.807, 2.05) is 20.8 Å². The van der Waals surface area contributed by atoms with Crippen molar-refractivity contribution in [3.63, 3.8) is 0 Å². The lowest BCUT2D eigenvalue weighted by molar-refractivity contribution is 0.000890. The minimum absolute atomic E-state index is 0.189. The molecule has 1 saturated heterocycles. The van der Waals surface area contributed by atoms with Crippen molar-refractivity contribution in [2.45, 2.75) is 76.5 Å². The van der Waals surface area contributed by atoms with Crippen LogP contribution in [0, 0.1) is 0 Å². The minimum Gasteiger partial charge on any atom is -0.444 e. The lowest BCUT2D eigenvalue weighted by atomic mass is 9.98. The molecule has 0 aromatic rings. The Bertz CT molecular complexity index is 351. The third kappa shape index (κ3) is 5.47. The van der Waals surface area contributed by atoms with E-state index in [0.717, 1.165) is 58.2 Å². The van der Waals surface area contributed by atoms with Gasteiger partial charge >= 0.3 is 6.09 Å². The Labute approximate surface area is 128 Å². The summed E-state index contributed by atoms with van der Waals surface area (Å²) in [6.07, 6.45) is 5.69. The number of piperidine rings is 1. The maximum Gasteiger partial charge on any atom is 0.407 e. The van der Waals surface area contributed by atoms with Crippen LogP contribution < -0.4 is 5.32 Å². The van der Waals surface area contributed by atoms with E-state index in [1.54, 1.807) is 0 Å². The lowest BCUT2D eigenvalue weighted by Gasteiger charge is -2.36. The molecule has 0 aromatic carbocycles. The number of β-amino-alcohol motifs (C(OH)–C–C–N with tert-alkyl or cyclic N) is 1. The van der Waals surface area contributed by atoms with Crippen molar-refractivity contribution in [2.24, 2.45) is 0 Å². The van der Waals surface area contributed by atoms with Gasteiger partial charge in [-0.2, -0.15) is 0 Å². The second kappa shape index (κ2) is 6.53. The van der Waals surface area contributed by atoms with Crippen LogP contribution in [0.25, 0.3) is 0 Å². The Hall–Kier alpha value is -0.810. The van der Waals surface area contributed by atoms with Crippen LogP contribution in [0.3, 0.4) is 0 Å². The van der Waals surface area contributed by atoms with Crippen LogP contribution in [0.4, 0.5) is 4.79 Å². The summed E-state index contributed by atoms with van der Waals surface area (Å²) in [5, 5.41) is 13.4. The van der Waals surface area contributed by atoms with Crippen LogP contribution >= 0.6 is 0 Å². The number of hydrogen-bond donors (Lipinski definition) is 2. The van der Waals surface area contributed by atoms with Gasteiger partial charge in [-0.25, -0.2) is 4.79 Å². The molecule has 0 bridgehead atoms. The number of carbonyl (C=O) groups is 1. The van der Waals surface area contributed by atoms with Gasteiger partial charge in [0.25, 0.3) is 0 Å². The molecule has 1 amide bonds. The van der Waals surface area contributed by atoms with E-state index < -0.39 is 11.2 Å². The van der Waals surface area contributed by atoms with Crippen LogP contribution in [0.15, 0.2) is 0 Å². The molecule has 122 valence electrons. The summed E-state index contributed by atoms with van der Waals surface area (Å²) in [6, 6.07) is 0.189. The van der Waals surface area contributed by atoms with E-state index in [1.165, 1.54) is 0 Å². The molecule has 2 aliphatic rings. The van der Waals surface area contributed by atoms with Crippen molar-refractivity contribution in [1.29, 1.82) is 0 Å². The summed E-state index contributed by atoms with van der Waals surface area (Å²) in [6.45, 7) is 8.27. The molecule has 5 heteroatoms. The standard InChI is InChI=1S/C16H30N2O3/c1-15(2,3)21-14(19)17-13-6-10-18(11-7-13)12-16(20)8-4-5-9-16/h13,20H,4-12H2,1-3H3,(H,17,19). The minimum atomic E-state index is -0.467. The first-order valence-electron chi connectivity index (χ1n) is 8.20. The normalized spacial score (nSPS) is 24.0. The first-order valence-corrected chi connectivity index (χ1v) is 8.20. The van der Waals surface area contributed by atoms with Crippen LogP contribution in [-0.4, -0.2) is 53.0 Å². The molecular weight excluding hydrogens is 268 g/mol. The molecule has 2 fully saturated rings. The monoisotopic (exact) mass is 298 g/mol. The van der Waals surface area contributed by atoms with Gasteiger partial charge in [0.05, 0.1) is 5.60 Å². The molecule has 1 aliphatic carbocycles. The van der Waals surface area contributed by atoms with Crippen LogP contribution in [-0.2, 0) is 4.74 Å². The molecule has 2 N–H and O–H groups in total. The van der Waals surface area contributed by atoms with Gasteiger partial charge in [-0.05, 0) is 46.5 Å². The second-order valence-corrected chi connectivity index (χ2v) is 7.63. The summed E-state index contributed by atoms with van der Waals surface area (Å²) in [7, 11) is 0. The predicted molar refractivity (Wildman–Crippen MR) is 82.2 cm³/mol. The summed E-state index contributed by atoms with van der Waals surface area (Å²) >= 11 is 0. The highest BCUT2D eigenvalue weighted by atomic mass is 16.6. The first-order chi connectivity index (χ1) is 9.76. The summed E-state index contributed by atoms with van der Waals surface area (Å²) in [5.74, 6) is 0. The van der Waals surface area contributed by atoms with Gasteiger partial charge in [-0.1, -0.05) is 12.8 Å². The summed E-state index contributed by atoms with van der Waals surface area (Å²) in [4.78, 5) is 14.1. The first kappa shape index (κ1) is 16.6. The molecule has 0 unspecified atom stereocenters. The third-order valence-electron chi connectivity index (χ3n) is 4.36. The van der Waals surface area contributed by atoms with Crippen molar-refractivity contribution in [2.75, 3.05) is 19.6 Å². The quantitative estimate of drug-likeness (QED) is 0.839. The molecule has 0 aromatic heterocycles. The van der Waals surface area contributed by atoms with Crippen LogP contribution in [0.5, 0.6) is 0 Å². The Morgan fingerprint density at radius 2 is 1.86 bits per heavy atom. The van der Waals surface area contributed by atoms with Crippen molar-refractivity contribution >= 4 is 6.09 Å². The Balaban J connectivity index is 1.69. The zero-order valence-corrected chi connectivity index (χ0v) is 13.7. The lowest BCUT2D eigenvalue weighted by Crippen LogP contribution is -2.49. The predicted octanol–water partition coefficient (Wildman–Crippen LogP) is 2.28. The van der Waals surface area contributed by atoms with E-state index in [9.17, 15) is 9.90 Å². The van der Waals surface area contributed by atoms with Crippen LogP contribution in [0.1, 0.15) is 59.3 Å². The number of alkyl carbamates (subject to hydrolysis) is 1. The zero-order valence-electron chi connectivity index (χ0n) is 13.7. The van der Waals surface area contributed by atoms with Crippen molar-refractivity contribution < 1.29 is 14.6 Å². The fraction of sp³-hybridized carbons (Fsp3) is 0.938. The SMILES string of the molecule is CC(C)(C)OC(=O)NC1CCN(CC2(O)CCCC2)CC1. The highest BCUT2D eigenvalue weighted by Crippen LogP contribution is 2.30. The fourth-order valence-corrected chi connectivity index (χ4v) is 3.32. The Morgan fingerprint density at radius 1 is 1.29 bits per heavy atom. The van der Waals surface area contributed by atoms with E-state index in [4.69, 9.17) is 4.74 Å². The second-order valence-electron chi connectivity index (χ2n) is 7.63. The largest absolute Gasteiger partial charge is 0.444 e. The number of rotatable bonds is 3. The fourth-order valence-electron chi connectivity index (χ4n) is 3.32. The van der Waals surface area contributed by atoms with Gasteiger partial charge in [-0.15, -0.1) is 0 Å². The highest BCUT2D eigenvalue weighted by Gasteiger charge is 2.34. The molecule has 2 rings (SSSR count). The number of aliphatic hydroxyl groups is 1. The van der Waals surface area contributed by atoms with Gasteiger partial charge < -0.3 is 20.1 Å². The number of nitrogens with zero attached hydrogens (tertiary/aromatic N) is 1. The van der Waals surface area contributed by atoms with Gasteiger partial charge in [0.15, 0.2) is 0 Å². The number of nitrogens with one attached hydrogen (secondary N) is 1. The smallest absolute Gasteiger partial charge is 0.407 e. The van der Waals surface area contributed by atoms with E-state index in [0.29, 0.717) is 0 Å². The van der Waals surface area contributed by atoms with Crippen molar-refractivity contribution in [1.82, 2.24) is 10.2 Å². The van der Waals surface area contributed by atoms with E-state index in [-0.39, 0.29) is 12.1 Å². The molecular formula is C16H30N2O3. The highest BCUT2D eigenvalue weighted by molar-refractivity contribution is 5.68. The molecule has 21 heavy (non-hydrogen) atoms. The molecule has 5 nitrogen and oxygen atoms in total. The number of amides is 1. The van der Waals surface area contributed by atoms with Gasteiger partial charge in [0.1, 0.15) is 5.60 Å². The van der Waals surface area contributed by atoms with Gasteiger partial charge in [0, 0.05) is 25.7 Å². The summed E-state index contributed by atoms with van der Waals surface area (Å²) < 4.78 is 5.29. The average Bonchev–Trinajstić information content (AvgIpc) is 2.76. The average molecular weight is 298 g/mol. The number of likely N-dealkylation sites (tertiary alicyclic amines) is 1. The van der Waals surface area contributed by atoms with Gasteiger partial charge in [-0.3, -0.25) is 0 Å². The molecule has 1 heterocycles. The van der Waals surface area contributed by atoms with Crippen molar-refractivity contribution in [3.8, 4) is 0 Å². The third-order valence-corrected chi connectivity index (χ3v) is 4.36. The molecule has 0 atom stereocenters. The Kier molecular flexibility index (Phi) is 5.15. The summed E-state index contributed by atoms with van der Waals surface area (Å²) in [5.41, 5.74) is -0.915.